The van der Waals surface area contributed by atoms with Gasteiger partial charge in [-0.1, -0.05) is 41.6 Å². The lowest BCUT2D eigenvalue weighted by atomic mass is 9.90. The van der Waals surface area contributed by atoms with E-state index in [9.17, 15) is 28.7 Å². The van der Waals surface area contributed by atoms with E-state index < -0.39 is 18.0 Å². The maximum atomic E-state index is 13.9. The molecule has 11 heteroatoms. The molecule has 0 saturated carbocycles. The van der Waals surface area contributed by atoms with Crippen molar-refractivity contribution in [2.45, 2.75) is 32.9 Å². The zero-order chi connectivity index (χ0) is 27.6. The molecule has 0 bridgehead atoms. The third kappa shape index (κ3) is 5.75. The van der Waals surface area contributed by atoms with Gasteiger partial charge in [-0.3, -0.25) is 9.97 Å². The Bertz CT molecular complexity index is 1380. The summed E-state index contributed by atoms with van der Waals surface area (Å²) < 4.78 is 32.4. The van der Waals surface area contributed by atoms with E-state index in [1.54, 1.807) is 25.1 Å². The molecule has 1 fully saturated rings. The number of phenols is 1. The fraction of sp³-hybridized carbons (Fsp3) is 0.259. The van der Waals surface area contributed by atoms with E-state index in [0.717, 1.165) is 34.5 Å². The van der Waals surface area contributed by atoms with Crippen molar-refractivity contribution >= 4 is 11.9 Å². The summed E-state index contributed by atoms with van der Waals surface area (Å²) in [6.07, 6.45) is -3.63. The number of hydrazine groups is 1. The monoisotopic (exact) mass is 526 g/mol. The lowest BCUT2D eigenvalue weighted by molar-refractivity contribution is -0.212. The first-order valence-electron chi connectivity index (χ1n) is 11.7. The van der Waals surface area contributed by atoms with Gasteiger partial charge in [-0.15, -0.1) is 0 Å². The van der Waals surface area contributed by atoms with Crippen LogP contribution in [0.15, 0.2) is 54.6 Å². The Labute approximate surface area is 217 Å². The van der Waals surface area contributed by atoms with Crippen LogP contribution in [0.4, 0.5) is 8.78 Å². The lowest BCUT2D eigenvalue weighted by Crippen LogP contribution is -2.42. The molecule has 3 aromatic carbocycles. The van der Waals surface area contributed by atoms with E-state index in [-0.39, 0.29) is 24.6 Å². The predicted octanol–water partition coefficient (Wildman–Crippen LogP) is 3.97. The number of likely N-dealkylation sites (N-methyl/N-ethyl adjacent to an activating group) is 1. The quantitative estimate of drug-likeness (QED) is 0.453. The number of aryl methyl sites for hydroxylation is 1. The van der Waals surface area contributed by atoms with Gasteiger partial charge in [-0.25, -0.2) is 4.79 Å². The number of nitrogens with zero attached hydrogens (tertiary/aromatic N) is 2. The molecule has 0 spiro atoms. The standard InChI is InChI=1S/C27H26F2N3O6/c1-16-11-21(37-27(28,29)26(35)30-3)8-9-22(16)23-6-4-5-19(17(23)2)13-20-12-18(7-10-24(20)33)14-32-31(36)15-25(34)38-32/h4-12,33H,13-15H2,1-3H3,(H,30,35)/q-1. The van der Waals surface area contributed by atoms with Gasteiger partial charge in [0.15, 0.2) is 0 Å². The first-order valence-corrected chi connectivity index (χ1v) is 11.7. The highest BCUT2D eigenvalue weighted by Gasteiger charge is 2.41. The molecule has 200 valence electrons. The number of hydroxylamine groups is 2. The van der Waals surface area contributed by atoms with E-state index in [4.69, 9.17) is 4.84 Å². The second-order valence-electron chi connectivity index (χ2n) is 8.89. The zero-order valence-corrected chi connectivity index (χ0v) is 21.0. The van der Waals surface area contributed by atoms with Gasteiger partial charge >= 0.3 is 18.0 Å². The van der Waals surface area contributed by atoms with Crippen molar-refractivity contribution in [2.75, 3.05) is 13.6 Å². The van der Waals surface area contributed by atoms with Crippen molar-refractivity contribution in [3.63, 3.8) is 0 Å². The molecule has 9 nitrogen and oxygen atoms in total. The predicted molar refractivity (Wildman–Crippen MR) is 134 cm³/mol. The van der Waals surface area contributed by atoms with Crippen LogP contribution >= 0.6 is 0 Å². The summed E-state index contributed by atoms with van der Waals surface area (Å²) in [7, 11) is 1.10. The minimum atomic E-state index is -4.00. The van der Waals surface area contributed by atoms with Crippen molar-refractivity contribution in [3.8, 4) is 22.6 Å². The van der Waals surface area contributed by atoms with Gasteiger partial charge in [-0.05, 0) is 71.0 Å². The van der Waals surface area contributed by atoms with E-state index in [0.29, 0.717) is 28.3 Å². The molecule has 0 aliphatic carbocycles. The second kappa shape index (κ2) is 10.7. The molecule has 0 unspecified atom stereocenters. The number of rotatable bonds is 8. The molecule has 1 amide bonds. The van der Waals surface area contributed by atoms with E-state index >= 15 is 0 Å². The number of nitrogens with one attached hydrogen (secondary N) is 1. The van der Waals surface area contributed by atoms with Gasteiger partial charge in [0.05, 0.1) is 6.54 Å². The summed E-state index contributed by atoms with van der Waals surface area (Å²) in [5.41, 5.74) is 5.45. The fourth-order valence-corrected chi connectivity index (χ4v) is 4.24. The van der Waals surface area contributed by atoms with Crippen molar-refractivity contribution in [3.05, 3.63) is 87.6 Å². The van der Waals surface area contributed by atoms with Gasteiger partial charge in [0.25, 0.3) is 0 Å². The average molecular weight is 527 g/mol. The Morgan fingerprint density at radius 3 is 2.55 bits per heavy atom. The number of hydrogen-bond acceptors (Lipinski definition) is 8. The molecule has 2 N–H and O–H groups in total. The molecule has 0 radical (unpaired) electrons. The Balaban J connectivity index is 1.57. The molecule has 38 heavy (non-hydrogen) atoms. The molecular formula is C27H26F2N3O6-. The number of benzene rings is 3. The van der Waals surface area contributed by atoms with Crippen LogP contribution < -0.4 is 10.1 Å². The first kappa shape index (κ1) is 27.0. The number of halogens is 2. The summed E-state index contributed by atoms with van der Waals surface area (Å²) in [4.78, 5) is 27.6. The molecule has 1 heterocycles. The highest BCUT2D eigenvalue weighted by atomic mass is 19.3. The number of amides is 1. The Morgan fingerprint density at radius 1 is 1.13 bits per heavy atom. The lowest BCUT2D eigenvalue weighted by Gasteiger charge is -2.28. The van der Waals surface area contributed by atoms with E-state index in [1.807, 2.05) is 30.4 Å². The van der Waals surface area contributed by atoms with E-state index in [1.165, 1.54) is 18.2 Å². The van der Waals surface area contributed by atoms with Crippen LogP contribution in [-0.2, 0) is 27.4 Å². The molecule has 3 aromatic rings. The van der Waals surface area contributed by atoms with Crippen molar-refractivity contribution in [2.24, 2.45) is 0 Å². The summed E-state index contributed by atoms with van der Waals surface area (Å²) in [6, 6.07) is 15.1. The number of aromatic hydroxyl groups is 1. The summed E-state index contributed by atoms with van der Waals surface area (Å²) in [6.45, 7) is 3.34. The van der Waals surface area contributed by atoms with Crippen LogP contribution in [0.2, 0.25) is 0 Å². The SMILES string of the molecule is CNC(=O)C(F)(F)Oc1ccc(-c2cccc(Cc3cc(CN4OC(=O)CN4[O-])ccc3O)c2C)c(C)c1. The number of carbonyl (C=O) groups is 2. The largest absolute Gasteiger partial charge is 0.769 e. The van der Waals surface area contributed by atoms with Crippen molar-refractivity contribution < 1.29 is 33.1 Å². The number of carbonyl (C=O) groups excluding carboxylic acids is 2. The molecule has 1 aliphatic heterocycles. The van der Waals surface area contributed by atoms with Gasteiger partial charge in [-0.2, -0.15) is 8.78 Å². The maximum absolute atomic E-state index is 13.9. The van der Waals surface area contributed by atoms with Gasteiger partial charge in [0.2, 0.25) is 0 Å². The summed E-state index contributed by atoms with van der Waals surface area (Å²) in [5.74, 6) is -2.25. The third-order valence-corrected chi connectivity index (χ3v) is 6.23. The molecule has 0 aromatic heterocycles. The van der Waals surface area contributed by atoms with Crippen molar-refractivity contribution in [1.29, 1.82) is 0 Å². The van der Waals surface area contributed by atoms with Gasteiger partial charge in [0.1, 0.15) is 18.0 Å². The van der Waals surface area contributed by atoms with Gasteiger partial charge in [0, 0.05) is 13.5 Å². The topological polar surface area (TPSA) is 114 Å². The molecule has 1 saturated heterocycles. The van der Waals surface area contributed by atoms with Crippen LogP contribution in [-0.4, -0.2) is 47.0 Å². The Hall–Kier alpha value is -4.06. The Morgan fingerprint density at radius 2 is 1.89 bits per heavy atom. The van der Waals surface area contributed by atoms with Crippen LogP contribution in [0.1, 0.15) is 27.8 Å². The number of alkyl halides is 2. The fourth-order valence-electron chi connectivity index (χ4n) is 4.24. The smallest absolute Gasteiger partial charge is 0.482 e. The maximum Gasteiger partial charge on any atom is 0.482 e. The van der Waals surface area contributed by atoms with Crippen LogP contribution in [0.25, 0.3) is 11.1 Å². The van der Waals surface area contributed by atoms with Crippen LogP contribution in [0.5, 0.6) is 11.5 Å². The number of ether oxygens (including phenoxy) is 1. The van der Waals surface area contributed by atoms with E-state index in [2.05, 4.69) is 4.74 Å². The second-order valence-corrected chi connectivity index (χ2v) is 8.89. The summed E-state index contributed by atoms with van der Waals surface area (Å²) >= 11 is 0. The average Bonchev–Trinajstić information content (AvgIpc) is 3.18. The minimum absolute atomic E-state index is 0.0358. The van der Waals surface area contributed by atoms with Crippen LogP contribution in [0, 0.1) is 19.1 Å². The molecule has 0 atom stereocenters. The zero-order valence-electron chi connectivity index (χ0n) is 21.0. The Kier molecular flexibility index (Phi) is 7.63. The highest BCUT2D eigenvalue weighted by molar-refractivity contribution is 5.82. The highest BCUT2D eigenvalue weighted by Crippen LogP contribution is 2.34. The molecule has 4 rings (SSSR count). The van der Waals surface area contributed by atoms with Gasteiger partial charge < -0.3 is 25.2 Å². The van der Waals surface area contributed by atoms with Crippen molar-refractivity contribution in [1.82, 2.24) is 15.7 Å². The third-order valence-electron chi connectivity index (χ3n) is 6.23. The molecule has 1 aliphatic rings. The normalized spacial score (nSPS) is 14.4. The first-order chi connectivity index (χ1) is 18.0. The number of phenolic OH excluding ortho intramolecular Hbond substituents is 1. The minimum Gasteiger partial charge on any atom is -0.769 e. The molecular weight excluding hydrogens is 500 g/mol. The van der Waals surface area contributed by atoms with Crippen LogP contribution in [0.3, 0.4) is 0 Å². The summed E-state index contributed by atoms with van der Waals surface area (Å²) in [5, 5.41) is 25.5. The number of hydrogen-bond donors (Lipinski definition) is 2.